The minimum atomic E-state index is -0.959. The Labute approximate surface area is 284 Å². The zero-order chi connectivity index (χ0) is 34.5. The van der Waals surface area contributed by atoms with Crippen LogP contribution in [0.3, 0.4) is 0 Å². The Morgan fingerprint density at radius 3 is 2.37 bits per heavy atom. The topological polar surface area (TPSA) is 185 Å². The number of aromatic amines is 2. The van der Waals surface area contributed by atoms with Gasteiger partial charge in [0.2, 0.25) is 11.7 Å². The highest BCUT2D eigenvalue weighted by Gasteiger charge is 2.35. The van der Waals surface area contributed by atoms with Crippen LogP contribution in [-0.2, 0) is 20.7 Å². The molecular formula is C36H41N9O4. The van der Waals surface area contributed by atoms with Crippen molar-refractivity contribution >= 4 is 34.6 Å². The molecule has 1 atom stereocenters. The normalized spacial score (nSPS) is 17.0. The van der Waals surface area contributed by atoms with Gasteiger partial charge in [-0.3, -0.25) is 9.59 Å². The van der Waals surface area contributed by atoms with E-state index in [1.807, 2.05) is 63.5 Å². The Hall–Kier alpha value is -5.43. The van der Waals surface area contributed by atoms with Gasteiger partial charge in [0.1, 0.15) is 11.2 Å². The Morgan fingerprint density at radius 1 is 0.980 bits per heavy atom. The molecule has 1 aliphatic rings. The number of nitrogens with two attached hydrogens (primary N) is 1. The quantitative estimate of drug-likeness (QED) is 0.165. The Bertz CT molecular complexity index is 1890. The number of aromatic nitrogens is 6. The molecule has 1 saturated carbocycles. The molecule has 0 radical (unpaired) electrons. The summed E-state index contributed by atoms with van der Waals surface area (Å²) in [5.41, 5.74) is 10.8. The molecule has 49 heavy (non-hydrogen) atoms. The molecule has 0 aliphatic heterocycles. The van der Waals surface area contributed by atoms with Gasteiger partial charge in [0.15, 0.2) is 0 Å². The second kappa shape index (κ2) is 14.4. The van der Waals surface area contributed by atoms with E-state index in [1.54, 1.807) is 24.3 Å². The Balaban J connectivity index is 1.14. The number of pyridine rings is 1. The second-order valence-corrected chi connectivity index (χ2v) is 13.5. The standard InChI is InChI=1S/C36H41N9O4/c1-36(2,3)49-35(48)40-20-23-6-10-26(11-7-23)33(46)45(29-14-12-25(13-15-29)32-41-43-44-42-32)34(47)30(37)18-22-4-8-24(9-5-22)28-19-27-16-17-38-31(27)39-21-28/h4-5,8-9,12-17,19,21,23,26,30H,6-7,10-11,18,20,37H2,1-3H3,(H,38,39)(H,40,48)(H,41,42,43,44)/t23?,26?,30-/m0/s1. The van der Waals surface area contributed by atoms with Gasteiger partial charge >= 0.3 is 6.09 Å². The maximum absolute atomic E-state index is 14.1. The van der Waals surface area contributed by atoms with Gasteiger partial charge in [-0.2, -0.15) is 5.21 Å². The number of rotatable bonds is 9. The van der Waals surface area contributed by atoms with Crippen molar-refractivity contribution in [2.45, 2.75) is 64.5 Å². The predicted octanol–water partition coefficient (Wildman–Crippen LogP) is 5.17. The van der Waals surface area contributed by atoms with E-state index in [0.717, 1.165) is 40.6 Å². The van der Waals surface area contributed by atoms with E-state index in [9.17, 15) is 14.4 Å². The van der Waals surface area contributed by atoms with Gasteiger partial charge in [0.25, 0.3) is 5.91 Å². The molecule has 0 bridgehead atoms. The number of fused-ring (bicyclic) bond motifs is 1. The lowest BCUT2D eigenvalue weighted by molar-refractivity contribution is -0.130. The van der Waals surface area contributed by atoms with Gasteiger partial charge in [-0.1, -0.05) is 24.3 Å². The number of carbonyl (C=O) groups is 3. The van der Waals surface area contributed by atoms with Crippen molar-refractivity contribution in [1.29, 1.82) is 0 Å². The highest BCUT2D eigenvalue weighted by atomic mass is 16.6. The Morgan fingerprint density at radius 2 is 1.69 bits per heavy atom. The van der Waals surface area contributed by atoms with Gasteiger partial charge in [-0.25, -0.2) is 14.7 Å². The Kier molecular flexibility index (Phi) is 9.81. The summed E-state index contributed by atoms with van der Waals surface area (Å²) in [5.74, 6) is -0.512. The number of amides is 3. The molecule has 254 valence electrons. The van der Waals surface area contributed by atoms with Gasteiger partial charge < -0.3 is 20.8 Å². The summed E-state index contributed by atoms with van der Waals surface area (Å²) in [6.07, 6.45) is 6.12. The first-order valence-electron chi connectivity index (χ1n) is 16.5. The molecule has 5 aromatic rings. The molecule has 3 aromatic heterocycles. The van der Waals surface area contributed by atoms with Crippen LogP contribution in [0.2, 0.25) is 0 Å². The van der Waals surface area contributed by atoms with E-state index in [0.29, 0.717) is 36.5 Å². The third-order valence-electron chi connectivity index (χ3n) is 8.76. The highest BCUT2D eigenvalue weighted by Crippen LogP contribution is 2.32. The summed E-state index contributed by atoms with van der Waals surface area (Å²) in [6.45, 7) is 5.93. The van der Waals surface area contributed by atoms with Gasteiger partial charge in [0.05, 0.1) is 11.7 Å². The summed E-state index contributed by atoms with van der Waals surface area (Å²) in [4.78, 5) is 49.1. The third-order valence-corrected chi connectivity index (χ3v) is 8.76. The molecule has 5 N–H and O–H groups in total. The third kappa shape index (κ3) is 8.18. The number of benzene rings is 2. The zero-order valence-corrected chi connectivity index (χ0v) is 27.8. The van der Waals surface area contributed by atoms with E-state index >= 15 is 0 Å². The number of carbonyl (C=O) groups excluding carboxylic acids is 3. The van der Waals surface area contributed by atoms with Gasteiger partial charge in [-0.15, -0.1) is 10.2 Å². The molecule has 0 unspecified atom stereocenters. The predicted molar refractivity (Wildman–Crippen MR) is 185 cm³/mol. The summed E-state index contributed by atoms with van der Waals surface area (Å²) in [7, 11) is 0. The molecule has 3 heterocycles. The first-order valence-corrected chi connectivity index (χ1v) is 16.5. The maximum Gasteiger partial charge on any atom is 0.407 e. The fourth-order valence-electron chi connectivity index (χ4n) is 6.18. The van der Waals surface area contributed by atoms with Crippen molar-refractivity contribution in [2.75, 3.05) is 11.4 Å². The van der Waals surface area contributed by atoms with E-state index < -0.39 is 23.6 Å². The molecule has 1 fully saturated rings. The van der Waals surface area contributed by atoms with Crippen LogP contribution in [0, 0.1) is 11.8 Å². The number of nitrogens with one attached hydrogen (secondary N) is 3. The molecule has 13 heteroatoms. The monoisotopic (exact) mass is 663 g/mol. The molecule has 3 amide bonds. The van der Waals surface area contributed by atoms with Crippen molar-refractivity contribution in [1.82, 2.24) is 35.9 Å². The van der Waals surface area contributed by atoms with Crippen LogP contribution in [0.4, 0.5) is 10.5 Å². The number of H-pyrrole nitrogens is 2. The lowest BCUT2D eigenvalue weighted by atomic mass is 9.81. The molecule has 13 nitrogen and oxygen atoms in total. The van der Waals surface area contributed by atoms with Crippen molar-refractivity contribution in [3.8, 4) is 22.5 Å². The smallest absolute Gasteiger partial charge is 0.407 e. The summed E-state index contributed by atoms with van der Waals surface area (Å²) >= 11 is 0. The first-order chi connectivity index (χ1) is 23.5. The lowest BCUT2D eigenvalue weighted by Gasteiger charge is -2.32. The van der Waals surface area contributed by atoms with Crippen LogP contribution >= 0.6 is 0 Å². The summed E-state index contributed by atoms with van der Waals surface area (Å²) in [5, 5.41) is 17.9. The largest absolute Gasteiger partial charge is 0.444 e. The van der Waals surface area contributed by atoms with Gasteiger partial charge in [0, 0.05) is 41.4 Å². The summed E-state index contributed by atoms with van der Waals surface area (Å²) < 4.78 is 5.35. The number of hydrogen-bond acceptors (Lipinski definition) is 9. The number of nitrogens with zero attached hydrogens (tertiary/aromatic N) is 5. The van der Waals surface area contributed by atoms with Crippen LogP contribution < -0.4 is 16.0 Å². The van der Waals surface area contributed by atoms with E-state index in [1.165, 1.54) is 4.90 Å². The molecular weight excluding hydrogens is 622 g/mol. The molecule has 6 rings (SSSR count). The maximum atomic E-state index is 14.1. The van der Waals surface area contributed by atoms with E-state index in [2.05, 4.69) is 42.0 Å². The fourth-order valence-corrected chi connectivity index (χ4v) is 6.18. The van der Waals surface area contributed by atoms with Crippen molar-refractivity contribution < 1.29 is 19.1 Å². The van der Waals surface area contributed by atoms with Crippen LogP contribution in [0.25, 0.3) is 33.5 Å². The molecule has 2 aromatic carbocycles. The SMILES string of the molecule is CC(C)(C)OC(=O)NCC1CCC(C(=O)N(C(=O)[C@@H](N)Cc2ccc(-c3cnc4[nH]ccc4c3)cc2)c2ccc(-c3nn[nH]n3)cc2)CC1. The van der Waals surface area contributed by atoms with Crippen molar-refractivity contribution in [2.24, 2.45) is 17.6 Å². The van der Waals surface area contributed by atoms with Crippen molar-refractivity contribution in [3.63, 3.8) is 0 Å². The minimum absolute atomic E-state index is 0.209. The number of anilines is 1. The van der Waals surface area contributed by atoms with Crippen LogP contribution in [-0.4, -0.2) is 66.7 Å². The van der Waals surface area contributed by atoms with E-state index in [4.69, 9.17) is 10.5 Å². The highest BCUT2D eigenvalue weighted by molar-refractivity contribution is 6.17. The van der Waals surface area contributed by atoms with Crippen LogP contribution in [0.1, 0.15) is 52.0 Å². The summed E-state index contributed by atoms with van der Waals surface area (Å²) in [6, 6.07) is 17.9. The number of hydrogen-bond donors (Lipinski definition) is 4. The fraction of sp³-hybridized carbons (Fsp3) is 0.361. The lowest BCUT2D eigenvalue weighted by Crippen LogP contribution is -2.50. The first kappa shape index (κ1) is 33.5. The van der Waals surface area contributed by atoms with Gasteiger partial charge in [-0.05, 0) is 112 Å². The van der Waals surface area contributed by atoms with Crippen LogP contribution in [0.5, 0.6) is 0 Å². The molecule has 0 spiro atoms. The zero-order valence-electron chi connectivity index (χ0n) is 27.8. The number of alkyl carbamates (subject to hydrolysis) is 1. The number of ether oxygens (including phenoxy) is 1. The minimum Gasteiger partial charge on any atom is -0.444 e. The second-order valence-electron chi connectivity index (χ2n) is 13.5. The van der Waals surface area contributed by atoms with Crippen LogP contribution in [0.15, 0.2) is 73.1 Å². The number of tetrazole rings is 1. The molecule has 1 aliphatic carbocycles. The number of imide groups is 1. The average molecular weight is 664 g/mol. The van der Waals surface area contributed by atoms with E-state index in [-0.39, 0.29) is 24.2 Å². The molecule has 0 saturated heterocycles. The average Bonchev–Trinajstić information content (AvgIpc) is 3.80. The van der Waals surface area contributed by atoms with Crippen molar-refractivity contribution in [3.05, 3.63) is 78.6 Å².